The molecule has 1 aromatic carbocycles. The van der Waals surface area contributed by atoms with Crippen LogP contribution in [0.4, 0.5) is 10.1 Å². The number of halogens is 2. The van der Waals surface area contributed by atoms with E-state index in [1.54, 1.807) is 0 Å². The molecule has 0 radical (unpaired) electrons. The van der Waals surface area contributed by atoms with E-state index in [-0.39, 0.29) is 15.7 Å². The fourth-order valence-electron chi connectivity index (χ4n) is 0.763. The highest BCUT2D eigenvalue weighted by atomic mass is 79.9. The number of nitro benzene ring substituents is 1. The molecule has 66 valence electrons. The van der Waals surface area contributed by atoms with Crippen LogP contribution in [0.2, 0.25) is 0 Å². The van der Waals surface area contributed by atoms with Crippen LogP contribution in [0.25, 0.3) is 0 Å². The second-order valence-electron chi connectivity index (χ2n) is 2.15. The maximum Gasteiger partial charge on any atom is 0.285 e. The smallest absolute Gasteiger partial charge is 0.258 e. The minimum absolute atomic E-state index is 0.0222. The van der Waals surface area contributed by atoms with Gasteiger partial charge in [-0.25, -0.2) is 4.39 Å². The first-order chi connectivity index (χ1) is 6.06. The summed E-state index contributed by atoms with van der Waals surface area (Å²) < 4.78 is 12.8. The Morgan fingerprint density at radius 1 is 1.62 bits per heavy atom. The molecule has 0 amide bonds. The van der Waals surface area contributed by atoms with Gasteiger partial charge in [0, 0.05) is 6.07 Å². The summed E-state index contributed by atoms with van der Waals surface area (Å²) in [7, 11) is 0. The third-order valence-corrected chi connectivity index (χ3v) is 1.99. The van der Waals surface area contributed by atoms with Crippen LogP contribution in [0.15, 0.2) is 16.6 Å². The Morgan fingerprint density at radius 2 is 2.23 bits per heavy atom. The van der Waals surface area contributed by atoms with Crippen LogP contribution in [-0.2, 0) is 0 Å². The zero-order valence-corrected chi connectivity index (χ0v) is 7.71. The maximum atomic E-state index is 12.8. The third kappa shape index (κ3) is 1.81. The Labute approximate surface area is 80.9 Å². The highest BCUT2D eigenvalue weighted by Gasteiger charge is 2.15. The van der Waals surface area contributed by atoms with E-state index in [0.717, 1.165) is 12.1 Å². The van der Waals surface area contributed by atoms with Crippen molar-refractivity contribution >= 4 is 21.6 Å². The number of nitrogens with zero attached hydrogens (tertiary/aromatic N) is 2. The molecule has 1 aromatic rings. The van der Waals surface area contributed by atoms with Gasteiger partial charge < -0.3 is 0 Å². The predicted molar refractivity (Wildman–Crippen MR) is 45.5 cm³/mol. The van der Waals surface area contributed by atoms with Gasteiger partial charge in [0.1, 0.15) is 11.9 Å². The SMILES string of the molecule is N#Cc1cc([N+](=O)[O-])c(Br)cc1F. The van der Waals surface area contributed by atoms with E-state index in [1.807, 2.05) is 0 Å². The molecule has 0 aliphatic carbocycles. The number of nitro groups is 1. The molecule has 0 bridgehead atoms. The summed E-state index contributed by atoms with van der Waals surface area (Å²) >= 11 is 2.82. The first-order valence-corrected chi connectivity index (χ1v) is 3.89. The quantitative estimate of drug-likeness (QED) is 0.563. The first-order valence-electron chi connectivity index (χ1n) is 3.10. The summed E-state index contributed by atoms with van der Waals surface area (Å²) in [6.07, 6.45) is 0. The molecular weight excluding hydrogens is 243 g/mol. The number of hydrogen-bond donors (Lipinski definition) is 0. The standard InChI is InChI=1S/C7H2BrFN2O2/c8-5-2-6(9)4(3-10)1-7(5)11(12)13/h1-2H. The van der Waals surface area contributed by atoms with Gasteiger partial charge in [0.05, 0.1) is 15.0 Å². The second kappa shape index (κ2) is 3.49. The Bertz CT molecular complexity index is 414. The number of benzene rings is 1. The summed E-state index contributed by atoms with van der Waals surface area (Å²) in [5, 5.41) is 18.7. The van der Waals surface area contributed by atoms with E-state index >= 15 is 0 Å². The summed E-state index contributed by atoms with van der Waals surface area (Å²) in [5.74, 6) is -0.778. The number of rotatable bonds is 1. The monoisotopic (exact) mass is 244 g/mol. The van der Waals surface area contributed by atoms with E-state index < -0.39 is 10.7 Å². The number of hydrogen-bond acceptors (Lipinski definition) is 3. The molecule has 1 rings (SSSR count). The molecule has 0 aromatic heterocycles. The third-order valence-electron chi connectivity index (χ3n) is 1.35. The van der Waals surface area contributed by atoms with Crippen molar-refractivity contribution in [2.24, 2.45) is 0 Å². The lowest BCUT2D eigenvalue weighted by Gasteiger charge is -1.96. The summed E-state index contributed by atoms with van der Waals surface area (Å²) in [4.78, 5) is 9.65. The molecule has 6 heteroatoms. The highest BCUT2D eigenvalue weighted by molar-refractivity contribution is 9.10. The van der Waals surface area contributed by atoms with Gasteiger partial charge in [0.15, 0.2) is 0 Å². The molecule has 0 atom stereocenters. The molecule has 0 fully saturated rings. The summed E-state index contributed by atoms with van der Waals surface area (Å²) in [5.41, 5.74) is -0.659. The maximum absolute atomic E-state index is 12.8. The lowest BCUT2D eigenvalue weighted by molar-refractivity contribution is -0.385. The predicted octanol–water partition coefficient (Wildman–Crippen LogP) is 2.37. The van der Waals surface area contributed by atoms with Gasteiger partial charge in [-0.2, -0.15) is 5.26 Å². The van der Waals surface area contributed by atoms with Crippen molar-refractivity contribution in [1.29, 1.82) is 5.26 Å². The molecule has 0 N–H and O–H groups in total. The van der Waals surface area contributed by atoms with Crippen LogP contribution in [0.3, 0.4) is 0 Å². The topological polar surface area (TPSA) is 66.9 Å². The van der Waals surface area contributed by atoms with Gasteiger partial charge in [-0.05, 0) is 22.0 Å². The first kappa shape index (κ1) is 9.61. The Morgan fingerprint density at radius 3 is 2.69 bits per heavy atom. The zero-order valence-electron chi connectivity index (χ0n) is 6.12. The van der Waals surface area contributed by atoms with Crippen molar-refractivity contribution in [3.63, 3.8) is 0 Å². The molecule has 13 heavy (non-hydrogen) atoms. The highest BCUT2D eigenvalue weighted by Crippen LogP contribution is 2.27. The lowest BCUT2D eigenvalue weighted by Crippen LogP contribution is -1.92. The van der Waals surface area contributed by atoms with Crippen molar-refractivity contribution in [1.82, 2.24) is 0 Å². The average Bonchev–Trinajstić information content (AvgIpc) is 2.03. The van der Waals surface area contributed by atoms with Crippen molar-refractivity contribution in [3.8, 4) is 6.07 Å². The van der Waals surface area contributed by atoms with Crippen molar-refractivity contribution in [2.45, 2.75) is 0 Å². The van der Waals surface area contributed by atoms with E-state index in [1.165, 1.54) is 6.07 Å². The van der Waals surface area contributed by atoms with Gasteiger partial charge in [-0.3, -0.25) is 10.1 Å². The van der Waals surface area contributed by atoms with Gasteiger partial charge >= 0.3 is 0 Å². The van der Waals surface area contributed by atoms with Crippen LogP contribution in [0.5, 0.6) is 0 Å². The average molecular weight is 245 g/mol. The van der Waals surface area contributed by atoms with Crippen LogP contribution < -0.4 is 0 Å². The van der Waals surface area contributed by atoms with Gasteiger partial charge in [0.25, 0.3) is 5.69 Å². The summed E-state index contributed by atoms with van der Waals surface area (Å²) in [6, 6.07) is 3.31. The normalized spacial score (nSPS) is 9.31. The minimum atomic E-state index is -0.778. The summed E-state index contributed by atoms with van der Waals surface area (Å²) in [6.45, 7) is 0. The van der Waals surface area contributed by atoms with Gasteiger partial charge in [-0.15, -0.1) is 0 Å². The van der Waals surface area contributed by atoms with Crippen molar-refractivity contribution in [3.05, 3.63) is 38.1 Å². The second-order valence-corrected chi connectivity index (χ2v) is 3.01. The van der Waals surface area contributed by atoms with Crippen molar-refractivity contribution in [2.75, 3.05) is 0 Å². The number of nitriles is 1. The van der Waals surface area contributed by atoms with Crippen LogP contribution in [0, 0.1) is 27.3 Å². The molecule has 0 spiro atoms. The van der Waals surface area contributed by atoms with E-state index in [2.05, 4.69) is 15.9 Å². The van der Waals surface area contributed by atoms with E-state index in [9.17, 15) is 14.5 Å². The van der Waals surface area contributed by atoms with Gasteiger partial charge in [-0.1, -0.05) is 0 Å². The molecule has 0 aliphatic heterocycles. The van der Waals surface area contributed by atoms with E-state index in [4.69, 9.17) is 5.26 Å². The minimum Gasteiger partial charge on any atom is -0.258 e. The largest absolute Gasteiger partial charge is 0.285 e. The molecule has 4 nitrogen and oxygen atoms in total. The van der Waals surface area contributed by atoms with Crippen LogP contribution in [0.1, 0.15) is 5.56 Å². The molecular formula is C7H2BrFN2O2. The molecule has 0 saturated heterocycles. The fraction of sp³-hybridized carbons (Fsp3) is 0. The van der Waals surface area contributed by atoms with Crippen LogP contribution in [-0.4, -0.2) is 4.92 Å². The zero-order chi connectivity index (χ0) is 10.0. The van der Waals surface area contributed by atoms with Crippen molar-refractivity contribution < 1.29 is 9.31 Å². The lowest BCUT2D eigenvalue weighted by atomic mass is 10.2. The molecule has 0 unspecified atom stereocenters. The van der Waals surface area contributed by atoms with Gasteiger partial charge in [0.2, 0.25) is 0 Å². The van der Waals surface area contributed by atoms with E-state index in [0.29, 0.717) is 0 Å². The molecule has 0 aliphatic rings. The Balaban J connectivity index is 3.41. The molecule has 0 heterocycles. The fourth-order valence-corrected chi connectivity index (χ4v) is 1.22. The Kier molecular flexibility index (Phi) is 2.58. The molecule has 0 saturated carbocycles. The Hall–Kier alpha value is -1.48. The van der Waals surface area contributed by atoms with Crippen LogP contribution >= 0.6 is 15.9 Å².